The first-order chi connectivity index (χ1) is 5.46. The molecule has 1 aromatic rings. The van der Waals surface area contributed by atoms with Crippen molar-refractivity contribution in [3.63, 3.8) is 0 Å². The zero-order valence-corrected chi connectivity index (χ0v) is 6.71. The zero-order chi connectivity index (χ0) is 9.46. The van der Waals surface area contributed by atoms with E-state index in [1.54, 1.807) is 0 Å². The number of hydrogen-bond acceptors (Lipinski definition) is 0. The van der Waals surface area contributed by atoms with Gasteiger partial charge in [0, 0.05) is 5.56 Å². The lowest BCUT2D eigenvalue weighted by Gasteiger charge is -2.07. The molecule has 2 radical (unpaired) electrons. The molecule has 0 amide bonds. The second kappa shape index (κ2) is 2.85. The summed E-state index contributed by atoms with van der Waals surface area (Å²) in [7, 11) is 5.17. The molecule has 1 rings (SSSR count). The van der Waals surface area contributed by atoms with E-state index >= 15 is 0 Å². The van der Waals surface area contributed by atoms with Gasteiger partial charge in [-0.25, -0.2) is 13.2 Å². The fourth-order valence-corrected chi connectivity index (χ4v) is 0.910. The van der Waals surface area contributed by atoms with E-state index in [9.17, 15) is 13.2 Å². The Hall–Kier alpha value is -0.925. The third kappa shape index (κ3) is 1.11. The van der Waals surface area contributed by atoms with Crippen LogP contribution in [-0.2, 0) is 0 Å². The predicted octanol–water partition coefficient (Wildman–Crippen LogP) is 1.51. The maximum atomic E-state index is 12.9. The van der Waals surface area contributed by atoms with Crippen LogP contribution in [0.3, 0.4) is 0 Å². The molecule has 62 valence electrons. The highest BCUT2D eigenvalue weighted by molar-refractivity contribution is 6.33. The maximum Gasteiger partial charge on any atom is 0.164 e. The van der Waals surface area contributed by atoms with Crippen LogP contribution in [-0.4, -0.2) is 7.85 Å². The predicted molar refractivity (Wildman–Crippen MR) is 41.2 cm³/mol. The van der Waals surface area contributed by atoms with Crippen LogP contribution >= 0.6 is 0 Å². The Morgan fingerprint density at radius 1 is 0.833 bits per heavy atom. The Morgan fingerprint density at radius 2 is 1.25 bits per heavy atom. The molecule has 0 fully saturated rings. The summed E-state index contributed by atoms with van der Waals surface area (Å²) in [5.41, 5.74) is -0.891. The van der Waals surface area contributed by atoms with E-state index in [2.05, 4.69) is 0 Å². The first-order valence-electron chi connectivity index (χ1n) is 3.36. The number of benzene rings is 1. The Bertz CT molecular complexity index is 229. The third-order valence-corrected chi connectivity index (χ3v) is 1.82. The number of rotatable bonds is 0. The summed E-state index contributed by atoms with van der Waals surface area (Å²) in [6, 6.07) is 0. The van der Waals surface area contributed by atoms with Gasteiger partial charge in [-0.1, -0.05) is 5.46 Å². The molecule has 0 aliphatic rings. The number of halogens is 3. The molecule has 0 spiro atoms. The van der Waals surface area contributed by atoms with Crippen LogP contribution in [0.5, 0.6) is 0 Å². The molecule has 0 atom stereocenters. The third-order valence-electron chi connectivity index (χ3n) is 1.82. The van der Waals surface area contributed by atoms with Gasteiger partial charge in [0.1, 0.15) is 13.7 Å². The largest absolute Gasteiger partial charge is 0.207 e. The van der Waals surface area contributed by atoms with E-state index in [-0.39, 0.29) is 16.6 Å². The molecular formula is C8H6BF3. The van der Waals surface area contributed by atoms with E-state index in [0.717, 1.165) is 6.92 Å². The van der Waals surface area contributed by atoms with Crippen LogP contribution in [0.1, 0.15) is 11.1 Å². The Balaban J connectivity index is 3.60. The van der Waals surface area contributed by atoms with Gasteiger partial charge in [-0.05, 0) is 19.4 Å². The number of hydrogen-bond donors (Lipinski definition) is 0. The van der Waals surface area contributed by atoms with Crippen LogP contribution < -0.4 is 5.46 Å². The van der Waals surface area contributed by atoms with Crippen molar-refractivity contribution in [2.75, 3.05) is 0 Å². The van der Waals surface area contributed by atoms with Crippen molar-refractivity contribution in [3.05, 3.63) is 28.6 Å². The molecule has 0 heterocycles. The Labute approximate surface area is 69.8 Å². The standard InChI is InChI=1S/C8H6BF3/c1-3-5(9)6(10)4(2)8(12)7(3)11/h1-2H3. The smallest absolute Gasteiger partial charge is 0.164 e. The SMILES string of the molecule is [B]c1c(C)c(F)c(F)c(C)c1F. The summed E-state index contributed by atoms with van der Waals surface area (Å²) in [5.74, 6) is -3.13. The molecule has 0 saturated heterocycles. The maximum absolute atomic E-state index is 12.9. The molecule has 0 bridgehead atoms. The lowest BCUT2D eigenvalue weighted by Crippen LogP contribution is -2.18. The van der Waals surface area contributed by atoms with Crippen molar-refractivity contribution in [2.24, 2.45) is 0 Å². The molecule has 0 unspecified atom stereocenters. The van der Waals surface area contributed by atoms with Gasteiger partial charge in [-0.2, -0.15) is 0 Å². The van der Waals surface area contributed by atoms with Gasteiger partial charge in [0.15, 0.2) is 11.6 Å². The van der Waals surface area contributed by atoms with Crippen molar-refractivity contribution in [3.8, 4) is 0 Å². The molecule has 0 nitrogen and oxygen atoms in total. The van der Waals surface area contributed by atoms with E-state index < -0.39 is 17.5 Å². The van der Waals surface area contributed by atoms with Gasteiger partial charge in [-0.3, -0.25) is 0 Å². The summed E-state index contributed by atoms with van der Waals surface area (Å²) < 4.78 is 38.5. The van der Waals surface area contributed by atoms with Crippen molar-refractivity contribution in [2.45, 2.75) is 13.8 Å². The second-order valence-electron chi connectivity index (χ2n) is 2.61. The fourth-order valence-electron chi connectivity index (χ4n) is 0.910. The minimum atomic E-state index is -1.17. The first-order valence-corrected chi connectivity index (χ1v) is 3.36. The van der Waals surface area contributed by atoms with E-state index in [4.69, 9.17) is 7.85 Å². The van der Waals surface area contributed by atoms with Crippen LogP contribution in [0.4, 0.5) is 13.2 Å². The van der Waals surface area contributed by atoms with E-state index in [1.165, 1.54) is 6.92 Å². The molecule has 0 saturated carbocycles. The molecule has 12 heavy (non-hydrogen) atoms. The highest BCUT2D eigenvalue weighted by Gasteiger charge is 2.16. The van der Waals surface area contributed by atoms with E-state index in [1.807, 2.05) is 0 Å². The van der Waals surface area contributed by atoms with E-state index in [0.29, 0.717) is 0 Å². The van der Waals surface area contributed by atoms with Gasteiger partial charge in [0.05, 0.1) is 0 Å². The Morgan fingerprint density at radius 3 is 1.75 bits per heavy atom. The van der Waals surface area contributed by atoms with Gasteiger partial charge < -0.3 is 0 Å². The van der Waals surface area contributed by atoms with Crippen LogP contribution in [0, 0.1) is 31.3 Å². The van der Waals surface area contributed by atoms with Crippen LogP contribution in [0.15, 0.2) is 0 Å². The minimum Gasteiger partial charge on any atom is -0.207 e. The highest BCUT2D eigenvalue weighted by atomic mass is 19.2. The zero-order valence-electron chi connectivity index (χ0n) is 6.71. The molecule has 0 aromatic heterocycles. The fraction of sp³-hybridized carbons (Fsp3) is 0.250. The second-order valence-corrected chi connectivity index (χ2v) is 2.61. The van der Waals surface area contributed by atoms with Gasteiger partial charge >= 0.3 is 0 Å². The summed E-state index contributed by atoms with van der Waals surface area (Å²) in [4.78, 5) is 0. The molecular weight excluding hydrogens is 164 g/mol. The molecule has 0 aliphatic heterocycles. The minimum absolute atomic E-state index is 0.185. The van der Waals surface area contributed by atoms with Gasteiger partial charge in [0.25, 0.3) is 0 Å². The van der Waals surface area contributed by atoms with Gasteiger partial charge in [-0.15, -0.1) is 0 Å². The molecule has 1 aromatic carbocycles. The summed E-state index contributed by atoms with van der Waals surface area (Å²) in [6.45, 7) is 2.37. The molecule has 0 N–H and O–H groups in total. The summed E-state index contributed by atoms with van der Waals surface area (Å²) >= 11 is 0. The summed E-state index contributed by atoms with van der Waals surface area (Å²) in [5, 5.41) is 0. The van der Waals surface area contributed by atoms with Crippen molar-refractivity contribution >= 4 is 13.3 Å². The lowest BCUT2D eigenvalue weighted by molar-refractivity contribution is 0.484. The lowest BCUT2D eigenvalue weighted by atomic mass is 9.88. The van der Waals surface area contributed by atoms with Crippen molar-refractivity contribution in [1.29, 1.82) is 0 Å². The van der Waals surface area contributed by atoms with Crippen molar-refractivity contribution < 1.29 is 13.2 Å². The van der Waals surface area contributed by atoms with Crippen LogP contribution in [0.2, 0.25) is 0 Å². The first kappa shape index (κ1) is 9.17. The Kier molecular flexibility index (Phi) is 2.17. The summed E-state index contributed by atoms with van der Waals surface area (Å²) in [6.07, 6.45) is 0. The van der Waals surface area contributed by atoms with Crippen molar-refractivity contribution in [1.82, 2.24) is 0 Å². The molecule has 4 heteroatoms. The topological polar surface area (TPSA) is 0 Å². The van der Waals surface area contributed by atoms with Gasteiger partial charge in [0.2, 0.25) is 0 Å². The molecule has 0 aliphatic carbocycles. The quantitative estimate of drug-likeness (QED) is 0.409. The average molecular weight is 170 g/mol. The normalized spacial score (nSPS) is 10.4. The average Bonchev–Trinajstić information content (AvgIpc) is 2.08. The monoisotopic (exact) mass is 170 g/mol. The highest BCUT2D eigenvalue weighted by Crippen LogP contribution is 2.15. The van der Waals surface area contributed by atoms with Crippen LogP contribution in [0.25, 0.3) is 0 Å².